The molecule has 5 aromatic heterocycles. The molecule has 6 rings (SSSR count). The van der Waals surface area contributed by atoms with E-state index in [-0.39, 0.29) is 0 Å². The van der Waals surface area contributed by atoms with Gasteiger partial charge in [0.05, 0.1) is 29.7 Å². The minimum absolute atomic E-state index is 0.881. The third-order valence-corrected chi connectivity index (χ3v) is 6.12. The number of pyridine rings is 3. The van der Waals surface area contributed by atoms with Gasteiger partial charge in [0.25, 0.3) is 0 Å². The summed E-state index contributed by atoms with van der Waals surface area (Å²) in [7, 11) is 0. The number of imidazole rings is 2. The first-order chi connectivity index (χ1) is 17.6. The Bertz CT molecular complexity index is 1590. The van der Waals surface area contributed by atoms with Gasteiger partial charge in [-0.1, -0.05) is 0 Å². The molecular weight excluding hydrogens is 446 g/mol. The summed E-state index contributed by atoms with van der Waals surface area (Å²) in [4.78, 5) is 22.1. The van der Waals surface area contributed by atoms with Gasteiger partial charge in [-0.3, -0.25) is 9.97 Å². The van der Waals surface area contributed by atoms with E-state index in [4.69, 9.17) is 4.98 Å². The molecule has 0 aliphatic carbocycles. The molecule has 0 radical (unpaired) electrons. The fourth-order valence-corrected chi connectivity index (χ4v) is 4.28. The monoisotopic (exact) mass is 469 g/mol. The normalized spacial score (nSPS) is 11.1. The predicted octanol–water partition coefficient (Wildman–Crippen LogP) is 5.86. The highest BCUT2D eigenvalue weighted by molar-refractivity contribution is 5.78. The van der Waals surface area contributed by atoms with Crippen LogP contribution in [0.4, 0.5) is 0 Å². The summed E-state index contributed by atoms with van der Waals surface area (Å²) in [6.07, 6.45) is 14.7. The molecule has 174 valence electrons. The molecule has 0 unspecified atom stereocenters. The number of rotatable bonds is 5. The van der Waals surface area contributed by atoms with Gasteiger partial charge in [-0.25, -0.2) is 15.0 Å². The molecule has 0 aliphatic rings. The van der Waals surface area contributed by atoms with Crippen molar-refractivity contribution in [3.05, 3.63) is 116 Å². The van der Waals surface area contributed by atoms with Crippen molar-refractivity contribution in [2.75, 3.05) is 0 Å². The zero-order valence-corrected chi connectivity index (χ0v) is 19.9. The summed E-state index contributed by atoms with van der Waals surface area (Å²) >= 11 is 0. The van der Waals surface area contributed by atoms with Crippen LogP contribution in [0.3, 0.4) is 0 Å². The molecule has 0 fully saturated rings. The molecule has 0 saturated heterocycles. The lowest BCUT2D eigenvalue weighted by Crippen LogP contribution is -1.99. The van der Waals surface area contributed by atoms with Crippen molar-refractivity contribution < 1.29 is 0 Å². The topological polar surface area (TPSA) is 74.3 Å². The minimum Gasteiger partial charge on any atom is -0.306 e. The molecule has 0 spiro atoms. The standard InChI is InChI=1S/C29H23N7/c1-20-17-35(19-33-20)26-11-24(12-27(15-26)36-18-32-16-21(36)2)25-13-28(22-3-7-30-8-4-22)34-29(14-25)23-5-9-31-10-6-23/h3-19H,1-2H3. The molecule has 5 heterocycles. The number of nitrogens with zero attached hydrogens (tertiary/aromatic N) is 7. The van der Waals surface area contributed by atoms with Crippen LogP contribution in [0.1, 0.15) is 11.4 Å². The molecule has 0 bridgehead atoms. The van der Waals surface area contributed by atoms with Crippen molar-refractivity contribution in [1.82, 2.24) is 34.1 Å². The fraction of sp³-hybridized carbons (Fsp3) is 0.0690. The summed E-state index contributed by atoms with van der Waals surface area (Å²) in [5.74, 6) is 0. The third kappa shape index (κ3) is 4.18. The SMILES string of the molecule is Cc1cn(-c2cc(-c3cc(-c4ccncc4)nc(-c4ccncc4)c3)cc(-n3cncc3C)c2)cn1. The lowest BCUT2D eigenvalue weighted by molar-refractivity contribution is 0.990. The van der Waals surface area contributed by atoms with E-state index in [1.54, 1.807) is 24.8 Å². The molecule has 6 aromatic rings. The average molecular weight is 470 g/mol. The number of benzene rings is 1. The molecule has 36 heavy (non-hydrogen) atoms. The molecule has 0 atom stereocenters. The van der Waals surface area contributed by atoms with E-state index in [9.17, 15) is 0 Å². The van der Waals surface area contributed by atoms with Crippen LogP contribution in [0, 0.1) is 13.8 Å². The van der Waals surface area contributed by atoms with Crippen molar-refractivity contribution in [2.45, 2.75) is 13.8 Å². The van der Waals surface area contributed by atoms with Crippen LogP contribution in [0.5, 0.6) is 0 Å². The van der Waals surface area contributed by atoms with Crippen molar-refractivity contribution in [3.8, 4) is 45.0 Å². The summed E-state index contributed by atoms with van der Waals surface area (Å²) in [5, 5.41) is 0. The van der Waals surface area contributed by atoms with E-state index in [0.29, 0.717) is 0 Å². The summed E-state index contributed by atoms with van der Waals surface area (Å²) in [5.41, 5.74) is 9.96. The Kier molecular flexibility index (Phi) is 5.42. The van der Waals surface area contributed by atoms with Gasteiger partial charge in [0.2, 0.25) is 0 Å². The van der Waals surface area contributed by atoms with E-state index in [1.807, 2.05) is 60.8 Å². The fourth-order valence-electron chi connectivity index (χ4n) is 4.28. The van der Waals surface area contributed by atoms with Crippen molar-refractivity contribution in [3.63, 3.8) is 0 Å². The molecule has 0 saturated carbocycles. The van der Waals surface area contributed by atoms with Crippen LogP contribution in [0.15, 0.2) is 104 Å². The first-order valence-electron chi connectivity index (χ1n) is 11.6. The van der Waals surface area contributed by atoms with Crippen molar-refractivity contribution in [1.29, 1.82) is 0 Å². The van der Waals surface area contributed by atoms with Crippen LogP contribution < -0.4 is 0 Å². The third-order valence-electron chi connectivity index (χ3n) is 6.12. The second kappa shape index (κ2) is 9.03. The van der Waals surface area contributed by atoms with E-state index < -0.39 is 0 Å². The van der Waals surface area contributed by atoms with Gasteiger partial charge in [0.1, 0.15) is 0 Å². The Morgan fingerprint density at radius 3 is 1.78 bits per heavy atom. The zero-order valence-electron chi connectivity index (χ0n) is 19.9. The Morgan fingerprint density at radius 2 is 1.22 bits per heavy atom. The molecule has 1 aromatic carbocycles. The molecular formula is C29H23N7. The maximum Gasteiger partial charge on any atom is 0.0995 e. The summed E-state index contributed by atoms with van der Waals surface area (Å²) in [6, 6.07) is 18.7. The van der Waals surface area contributed by atoms with Crippen molar-refractivity contribution in [2.24, 2.45) is 0 Å². The van der Waals surface area contributed by atoms with E-state index >= 15 is 0 Å². The summed E-state index contributed by atoms with van der Waals surface area (Å²) in [6.45, 7) is 4.04. The van der Waals surface area contributed by atoms with Crippen LogP contribution >= 0.6 is 0 Å². The highest BCUT2D eigenvalue weighted by atomic mass is 15.1. The van der Waals surface area contributed by atoms with Crippen LogP contribution in [0.2, 0.25) is 0 Å². The quantitative estimate of drug-likeness (QED) is 0.316. The number of aryl methyl sites for hydroxylation is 2. The predicted molar refractivity (Wildman–Crippen MR) is 140 cm³/mol. The minimum atomic E-state index is 0.881. The van der Waals surface area contributed by atoms with Crippen LogP contribution in [-0.2, 0) is 0 Å². The van der Waals surface area contributed by atoms with Gasteiger partial charge in [0.15, 0.2) is 0 Å². The largest absolute Gasteiger partial charge is 0.306 e. The second-order valence-corrected chi connectivity index (χ2v) is 8.66. The smallest absolute Gasteiger partial charge is 0.0995 e. The molecule has 7 heteroatoms. The van der Waals surface area contributed by atoms with E-state index in [0.717, 1.165) is 56.4 Å². The Morgan fingerprint density at radius 1 is 0.611 bits per heavy atom. The summed E-state index contributed by atoms with van der Waals surface area (Å²) < 4.78 is 4.13. The highest BCUT2D eigenvalue weighted by Crippen LogP contribution is 2.32. The molecule has 0 amide bonds. The number of hydrogen-bond acceptors (Lipinski definition) is 5. The van der Waals surface area contributed by atoms with E-state index in [1.165, 1.54) is 0 Å². The first-order valence-corrected chi connectivity index (χ1v) is 11.6. The first kappa shape index (κ1) is 21.6. The second-order valence-electron chi connectivity index (χ2n) is 8.66. The molecule has 0 aliphatic heterocycles. The Balaban J connectivity index is 1.59. The lowest BCUT2D eigenvalue weighted by atomic mass is 9.99. The van der Waals surface area contributed by atoms with Gasteiger partial charge in [0, 0.05) is 65.4 Å². The Hall–Kier alpha value is -4.91. The molecule has 0 N–H and O–H groups in total. The van der Waals surface area contributed by atoms with E-state index in [2.05, 4.69) is 61.8 Å². The number of hydrogen-bond donors (Lipinski definition) is 0. The van der Waals surface area contributed by atoms with Gasteiger partial charge in [-0.2, -0.15) is 0 Å². The highest BCUT2D eigenvalue weighted by Gasteiger charge is 2.13. The van der Waals surface area contributed by atoms with Gasteiger partial charge in [-0.05, 0) is 79.6 Å². The van der Waals surface area contributed by atoms with Crippen LogP contribution in [0.25, 0.3) is 45.0 Å². The van der Waals surface area contributed by atoms with Crippen molar-refractivity contribution >= 4 is 0 Å². The van der Waals surface area contributed by atoms with Gasteiger partial charge < -0.3 is 9.13 Å². The Labute approximate surface area is 208 Å². The lowest BCUT2D eigenvalue weighted by Gasteiger charge is -2.14. The van der Waals surface area contributed by atoms with Gasteiger partial charge >= 0.3 is 0 Å². The zero-order chi connectivity index (χ0) is 24.5. The number of aromatic nitrogens is 7. The van der Waals surface area contributed by atoms with Gasteiger partial charge in [-0.15, -0.1) is 0 Å². The average Bonchev–Trinajstić information content (AvgIpc) is 3.57. The maximum atomic E-state index is 4.98. The maximum absolute atomic E-state index is 4.98. The van der Waals surface area contributed by atoms with Crippen LogP contribution in [-0.4, -0.2) is 34.1 Å². The molecule has 7 nitrogen and oxygen atoms in total.